The summed E-state index contributed by atoms with van der Waals surface area (Å²) in [4.78, 5) is 20.2. The Morgan fingerprint density at radius 2 is 1.95 bits per heavy atom. The van der Waals surface area contributed by atoms with Crippen molar-refractivity contribution in [1.29, 1.82) is 0 Å². The second-order valence-electron chi connectivity index (χ2n) is 11.2. The average Bonchev–Trinajstić information content (AvgIpc) is 3.13. The first-order valence-corrected chi connectivity index (χ1v) is 14.3. The normalized spacial score (nSPS) is 21.1. The highest BCUT2D eigenvalue weighted by Gasteiger charge is 2.39. The number of carbonyl (C=O) groups is 1. The highest BCUT2D eigenvalue weighted by atomic mass is 35.5. The van der Waals surface area contributed by atoms with Crippen molar-refractivity contribution in [2.24, 2.45) is 0 Å². The highest BCUT2D eigenvalue weighted by molar-refractivity contribution is 6.31. The van der Waals surface area contributed by atoms with Gasteiger partial charge in [0.2, 0.25) is 5.91 Å². The van der Waals surface area contributed by atoms with Gasteiger partial charge in [-0.2, -0.15) is 0 Å². The molecule has 3 atom stereocenters. The fourth-order valence-corrected chi connectivity index (χ4v) is 6.39. The topological polar surface area (TPSA) is 74.7 Å². The molecule has 0 aliphatic carbocycles. The number of halogens is 2. The lowest BCUT2D eigenvalue weighted by molar-refractivity contribution is -0.120. The molecule has 2 aromatic carbocycles. The number of benzene rings is 2. The predicted octanol–water partition coefficient (Wildman–Crippen LogP) is 5.83. The Labute approximate surface area is 234 Å². The number of aliphatic hydroxyl groups excluding tert-OH is 1. The summed E-state index contributed by atoms with van der Waals surface area (Å²) in [7, 11) is 0. The van der Waals surface area contributed by atoms with E-state index in [1.807, 2.05) is 39.0 Å². The zero-order chi connectivity index (χ0) is 27.7. The molecule has 0 saturated carbocycles. The summed E-state index contributed by atoms with van der Waals surface area (Å²) in [6.07, 6.45) is 5.06. The molecule has 3 aromatic rings. The minimum absolute atomic E-state index is 0.0140. The van der Waals surface area contributed by atoms with E-state index in [4.69, 9.17) is 21.3 Å². The van der Waals surface area contributed by atoms with Crippen molar-refractivity contribution in [3.05, 3.63) is 58.4 Å². The molecule has 2 saturated heterocycles. The van der Waals surface area contributed by atoms with E-state index < -0.39 is 5.82 Å². The number of rotatable bonds is 9. The predicted molar refractivity (Wildman–Crippen MR) is 153 cm³/mol. The van der Waals surface area contributed by atoms with Crippen molar-refractivity contribution in [1.82, 2.24) is 15.2 Å². The van der Waals surface area contributed by atoms with Crippen LogP contribution in [0.25, 0.3) is 22.2 Å². The maximum absolute atomic E-state index is 13.9. The molecule has 2 aliphatic heterocycles. The number of ether oxygens (including phenoxy) is 1. The van der Waals surface area contributed by atoms with E-state index in [1.54, 1.807) is 12.1 Å². The second-order valence-corrected chi connectivity index (χ2v) is 11.6. The zero-order valence-corrected chi connectivity index (χ0v) is 23.6. The van der Waals surface area contributed by atoms with Gasteiger partial charge >= 0.3 is 0 Å². The lowest BCUT2D eigenvalue weighted by Gasteiger charge is -2.37. The molecule has 2 aliphatic rings. The largest absolute Gasteiger partial charge is 0.494 e. The second kappa shape index (κ2) is 11.8. The summed E-state index contributed by atoms with van der Waals surface area (Å²) in [5, 5.41) is 13.9. The third kappa shape index (κ3) is 6.21. The quantitative estimate of drug-likeness (QED) is 0.326. The lowest BCUT2D eigenvalue weighted by atomic mass is 9.95. The maximum Gasteiger partial charge on any atom is 0.224 e. The van der Waals surface area contributed by atoms with Crippen molar-refractivity contribution in [3.8, 4) is 17.0 Å². The SMILES string of the molecule is Cc1c(CC(=O)NC(C)C)c(-c2ccc(F)c(Cl)c2)nc2ccc(OCCCN3C4CC[C@H]3CC(O)C4)cc12. The van der Waals surface area contributed by atoms with Gasteiger partial charge < -0.3 is 15.2 Å². The van der Waals surface area contributed by atoms with E-state index in [0.717, 1.165) is 53.6 Å². The molecule has 0 spiro atoms. The monoisotopic (exact) mass is 553 g/mol. The Morgan fingerprint density at radius 3 is 2.64 bits per heavy atom. The number of aliphatic hydroxyl groups is 1. The standard InChI is InChI=1S/C31H37ClFN3O3/c1-18(2)34-30(38)17-26-19(3)25-16-24(39-12-4-11-36-21-6-7-22(36)15-23(37)14-21)8-10-29(25)35-31(26)20-5-9-28(33)27(32)13-20/h5,8-10,13,16,18,21-23,37H,4,6-7,11-12,14-15,17H2,1-3H3,(H,34,38)/t21-,22?,23?/m0/s1. The molecule has 2 bridgehead atoms. The van der Waals surface area contributed by atoms with Crippen LogP contribution in [0.4, 0.5) is 4.39 Å². The summed E-state index contributed by atoms with van der Waals surface area (Å²) < 4.78 is 20.0. The van der Waals surface area contributed by atoms with E-state index in [2.05, 4.69) is 10.2 Å². The van der Waals surface area contributed by atoms with Crippen LogP contribution in [0.15, 0.2) is 36.4 Å². The van der Waals surface area contributed by atoms with Gasteiger partial charge in [0, 0.05) is 35.6 Å². The van der Waals surface area contributed by atoms with E-state index in [-0.39, 0.29) is 29.5 Å². The van der Waals surface area contributed by atoms with Gasteiger partial charge in [-0.1, -0.05) is 11.6 Å². The molecule has 39 heavy (non-hydrogen) atoms. The van der Waals surface area contributed by atoms with Gasteiger partial charge in [-0.15, -0.1) is 0 Å². The number of hydrogen-bond acceptors (Lipinski definition) is 5. The van der Waals surface area contributed by atoms with Crippen LogP contribution in [0.1, 0.15) is 57.1 Å². The first-order valence-electron chi connectivity index (χ1n) is 13.9. The van der Waals surface area contributed by atoms with Crippen molar-refractivity contribution >= 4 is 28.4 Å². The number of carbonyl (C=O) groups excluding carboxylic acids is 1. The van der Waals surface area contributed by atoms with E-state index in [9.17, 15) is 14.3 Å². The molecule has 5 rings (SSSR count). The van der Waals surface area contributed by atoms with Crippen LogP contribution in [-0.2, 0) is 11.2 Å². The first kappa shape index (κ1) is 27.8. The van der Waals surface area contributed by atoms with Crippen molar-refractivity contribution in [2.75, 3.05) is 13.2 Å². The number of nitrogens with one attached hydrogen (secondary N) is 1. The molecule has 208 valence electrons. The van der Waals surface area contributed by atoms with E-state index in [1.165, 1.54) is 18.9 Å². The molecule has 6 nitrogen and oxygen atoms in total. The van der Waals surface area contributed by atoms with Gasteiger partial charge in [0.05, 0.1) is 35.4 Å². The average molecular weight is 554 g/mol. The summed E-state index contributed by atoms with van der Waals surface area (Å²) in [6.45, 7) is 7.42. The molecule has 1 aromatic heterocycles. The minimum Gasteiger partial charge on any atom is -0.494 e. The fraction of sp³-hybridized carbons (Fsp3) is 0.484. The van der Waals surface area contributed by atoms with Crippen LogP contribution in [0.2, 0.25) is 5.02 Å². The van der Waals surface area contributed by atoms with Crippen molar-refractivity contribution < 1.29 is 19.0 Å². The van der Waals surface area contributed by atoms with Crippen LogP contribution < -0.4 is 10.1 Å². The minimum atomic E-state index is -0.496. The number of piperidine rings is 1. The van der Waals surface area contributed by atoms with Gasteiger partial charge in [-0.3, -0.25) is 9.69 Å². The summed E-state index contributed by atoms with van der Waals surface area (Å²) in [6, 6.07) is 11.4. The van der Waals surface area contributed by atoms with Crippen LogP contribution in [0.5, 0.6) is 5.75 Å². The summed E-state index contributed by atoms with van der Waals surface area (Å²) in [5.74, 6) is 0.166. The van der Waals surface area contributed by atoms with Gasteiger partial charge in [0.1, 0.15) is 11.6 Å². The van der Waals surface area contributed by atoms with Crippen LogP contribution >= 0.6 is 11.6 Å². The van der Waals surface area contributed by atoms with E-state index >= 15 is 0 Å². The third-order valence-electron chi connectivity index (χ3n) is 8.01. The van der Waals surface area contributed by atoms with Crippen LogP contribution in [-0.4, -0.2) is 58.3 Å². The molecule has 2 unspecified atom stereocenters. The molecule has 1 amide bonds. The molecular formula is C31H37ClFN3O3. The van der Waals surface area contributed by atoms with Crippen molar-refractivity contribution in [3.63, 3.8) is 0 Å². The molecule has 8 heteroatoms. The molecule has 3 heterocycles. The maximum atomic E-state index is 13.9. The number of nitrogens with zero attached hydrogens (tertiary/aromatic N) is 2. The Morgan fingerprint density at radius 1 is 1.21 bits per heavy atom. The summed E-state index contributed by atoms with van der Waals surface area (Å²) >= 11 is 6.09. The highest BCUT2D eigenvalue weighted by Crippen LogP contribution is 2.36. The number of aryl methyl sites for hydroxylation is 1. The number of fused-ring (bicyclic) bond motifs is 3. The number of hydrogen-bond donors (Lipinski definition) is 2. The molecule has 0 radical (unpaired) electrons. The lowest BCUT2D eigenvalue weighted by Crippen LogP contribution is -2.45. The smallest absolute Gasteiger partial charge is 0.224 e. The number of pyridine rings is 1. The fourth-order valence-electron chi connectivity index (χ4n) is 6.21. The zero-order valence-electron chi connectivity index (χ0n) is 22.8. The van der Waals surface area contributed by atoms with Crippen LogP contribution in [0, 0.1) is 12.7 Å². The number of aromatic nitrogens is 1. The molecule has 2 N–H and O–H groups in total. The van der Waals surface area contributed by atoms with Gasteiger partial charge in [0.15, 0.2) is 0 Å². The van der Waals surface area contributed by atoms with Gasteiger partial charge in [0.25, 0.3) is 0 Å². The first-order chi connectivity index (χ1) is 18.7. The van der Waals surface area contributed by atoms with E-state index in [0.29, 0.717) is 29.9 Å². The Bertz CT molecular complexity index is 1350. The molecule has 2 fully saturated rings. The van der Waals surface area contributed by atoms with Gasteiger partial charge in [-0.25, -0.2) is 9.37 Å². The third-order valence-corrected chi connectivity index (χ3v) is 8.30. The number of amides is 1. The Kier molecular flexibility index (Phi) is 8.40. The van der Waals surface area contributed by atoms with Crippen molar-refractivity contribution in [2.45, 2.75) is 83.5 Å². The van der Waals surface area contributed by atoms with Gasteiger partial charge in [-0.05, 0) is 100 Å². The molecular weight excluding hydrogens is 517 g/mol. The Hall–Kier alpha value is -2.74. The Balaban J connectivity index is 1.36. The van der Waals surface area contributed by atoms with Crippen LogP contribution in [0.3, 0.4) is 0 Å². The summed E-state index contributed by atoms with van der Waals surface area (Å²) in [5.41, 5.74) is 3.77.